The van der Waals surface area contributed by atoms with E-state index in [1.54, 1.807) is 12.4 Å². The Balaban J connectivity index is 0. The highest BCUT2D eigenvalue weighted by Gasteiger charge is 1.76. The van der Waals surface area contributed by atoms with Gasteiger partial charge in [0.25, 0.3) is 0 Å². The third kappa shape index (κ3) is 24.8. The Morgan fingerprint density at radius 2 is 1.80 bits per heavy atom. The fourth-order valence-corrected chi connectivity index (χ4v) is 0.906. The summed E-state index contributed by atoms with van der Waals surface area (Å²) >= 11 is 9.12. The van der Waals surface area contributed by atoms with E-state index in [0.29, 0.717) is 4.32 Å². The van der Waals surface area contributed by atoms with E-state index in [0.717, 1.165) is 12.8 Å². The van der Waals surface area contributed by atoms with Gasteiger partial charge in [-0.2, -0.15) is 0 Å². The second kappa shape index (κ2) is 16.1. The first-order valence-corrected chi connectivity index (χ1v) is 6.27. The van der Waals surface area contributed by atoms with E-state index < -0.39 is 0 Å². The Bertz CT molecular complexity index is 179. The molecule has 0 amide bonds. The van der Waals surface area contributed by atoms with Crippen molar-refractivity contribution in [1.29, 1.82) is 0 Å². The van der Waals surface area contributed by atoms with E-state index in [9.17, 15) is 0 Å². The molecular weight excluding hydrogens is 224 g/mol. The van der Waals surface area contributed by atoms with Crippen LogP contribution in [0.15, 0.2) is 4.99 Å². The minimum Gasteiger partial charge on any atom is -0.409 e. The second-order valence-corrected chi connectivity index (χ2v) is 4.13. The molecule has 0 aromatic heterocycles. The van der Waals surface area contributed by atoms with Gasteiger partial charge >= 0.3 is 0 Å². The van der Waals surface area contributed by atoms with Crippen LogP contribution >= 0.6 is 12.2 Å². The zero-order valence-corrected chi connectivity index (χ0v) is 11.4. The molecule has 2 N–H and O–H groups in total. The van der Waals surface area contributed by atoms with Crippen molar-refractivity contribution in [3.63, 3.8) is 0 Å². The molecule has 0 bridgehead atoms. The third-order valence-electron chi connectivity index (χ3n) is 1.61. The van der Waals surface area contributed by atoms with E-state index in [1.165, 1.54) is 25.7 Å². The maximum absolute atomic E-state index is 5.09. The molecule has 88 valence electrons. The lowest BCUT2D eigenvalue weighted by Crippen LogP contribution is -2.29. The summed E-state index contributed by atoms with van der Waals surface area (Å²) in [6.07, 6.45) is 10.4. The fourth-order valence-electron chi connectivity index (χ4n) is 0.756. The lowest BCUT2D eigenvalue weighted by atomic mass is 10.3. The van der Waals surface area contributed by atoms with Gasteiger partial charge in [0.1, 0.15) is 6.21 Å². The van der Waals surface area contributed by atoms with Crippen LogP contribution in [0.2, 0.25) is 0 Å². The largest absolute Gasteiger partial charge is 0.409 e. The number of rotatable bonds is 6. The standard InChI is InChI=1S/C6H11NS2.C5H11N/c1-2-3-4-5-7-6(8)9;1-2-3-4-5-6/h5H,2-4H2,1H3,(H,8,9);5-6H,2-4H2,1H3. The lowest BCUT2D eigenvalue weighted by Gasteiger charge is -1.92. The van der Waals surface area contributed by atoms with Crippen LogP contribution in [-0.4, -0.2) is 16.7 Å². The smallest absolute Gasteiger partial charge is 0.136 e. The normalized spacial score (nSPS) is 9.47. The van der Waals surface area contributed by atoms with Crippen LogP contribution < -0.4 is 5.41 Å². The van der Waals surface area contributed by atoms with Crippen molar-refractivity contribution in [2.45, 2.75) is 52.4 Å². The maximum atomic E-state index is 5.09. The molecule has 0 aliphatic heterocycles. The topological polar surface area (TPSA) is 38.0 Å². The second-order valence-electron chi connectivity index (χ2n) is 3.10. The highest BCUT2D eigenvalue weighted by atomic mass is 32.1. The summed E-state index contributed by atoms with van der Waals surface area (Å²) in [5, 5.41) is 5.09. The van der Waals surface area contributed by atoms with E-state index in [4.69, 9.17) is 5.41 Å². The Morgan fingerprint density at radius 3 is 2.13 bits per heavy atom. The van der Waals surface area contributed by atoms with E-state index in [-0.39, 0.29) is 0 Å². The van der Waals surface area contributed by atoms with Gasteiger partial charge in [-0.25, -0.2) is 0 Å². The van der Waals surface area contributed by atoms with Gasteiger partial charge in [0.15, 0.2) is 0 Å². The average molecular weight is 246 g/mol. The van der Waals surface area contributed by atoms with Crippen LogP contribution in [0.3, 0.4) is 0 Å². The lowest BCUT2D eigenvalue weighted by molar-refractivity contribution is -0.107. The molecule has 0 aromatic rings. The molecule has 0 radical (unpaired) electrons. The molecule has 4 heteroatoms. The number of aliphatic imine (C=N–C) groups is 1. The number of thiocarbonyl (C=S) groups is 1. The number of nitrogens with zero attached hydrogens (tertiary/aromatic N) is 1. The van der Waals surface area contributed by atoms with Crippen molar-refractivity contribution in [3.8, 4) is 0 Å². The Morgan fingerprint density at radius 1 is 1.27 bits per heavy atom. The molecule has 0 heterocycles. The molecule has 0 atom stereocenters. The van der Waals surface area contributed by atoms with Crippen molar-refractivity contribution < 1.29 is 5.41 Å². The Hall–Kier alpha value is -0.350. The first-order valence-electron chi connectivity index (χ1n) is 5.45. The molecule has 2 nitrogen and oxygen atoms in total. The van der Waals surface area contributed by atoms with E-state index >= 15 is 0 Å². The summed E-state index contributed by atoms with van der Waals surface area (Å²) < 4.78 is 0.311. The molecule has 0 rings (SSSR count). The number of unbranched alkanes of at least 4 members (excludes halogenated alkanes) is 4. The SMILES string of the molecule is CCCCC=NC(=S)[S-].CCCCC=[NH2+]. The average Bonchev–Trinajstić information content (AvgIpc) is 2.22. The van der Waals surface area contributed by atoms with Crippen molar-refractivity contribution in [3.05, 3.63) is 0 Å². The van der Waals surface area contributed by atoms with Crippen LogP contribution in [0.5, 0.6) is 0 Å². The summed E-state index contributed by atoms with van der Waals surface area (Å²) in [5.41, 5.74) is 0. The number of hydrogen-bond acceptors (Lipinski definition) is 2. The van der Waals surface area contributed by atoms with Crippen molar-refractivity contribution >= 4 is 41.6 Å². The first kappa shape index (κ1) is 17.1. The third-order valence-corrected chi connectivity index (χ3v) is 1.82. The summed E-state index contributed by atoms with van der Waals surface area (Å²) in [6, 6.07) is 0. The van der Waals surface area contributed by atoms with Crippen LogP contribution in [-0.2, 0) is 12.6 Å². The quantitative estimate of drug-likeness (QED) is 0.337. The van der Waals surface area contributed by atoms with Gasteiger partial charge in [-0.05, 0) is 23.6 Å². The molecule has 0 saturated heterocycles. The van der Waals surface area contributed by atoms with Crippen molar-refractivity contribution in [1.82, 2.24) is 0 Å². The van der Waals surface area contributed by atoms with Gasteiger partial charge in [-0.15, -0.1) is 0 Å². The molecule has 0 spiro atoms. The van der Waals surface area contributed by atoms with Gasteiger partial charge < -0.3 is 24.8 Å². The van der Waals surface area contributed by atoms with Crippen LogP contribution in [0.4, 0.5) is 0 Å². The maximum Gasteiger partial charge on any atom is 0.136 e. The minimum absolute atomic E-state index is 0.311. The first-order chi connectivity index (χ1) is 7.18. The van der Waals surface area contributed by atoms with Gasteiger partial charge in [-0.3, -0.25) is 10.4 Å². The highest BCUT2D eigenvalue weighted by Crippen LogP contribution is 1.89. The summed E-state index contributed by atoms with van der Waals surface area (Å²) in [4.78, 5) is 3.78. The van der Waals surface area contributed by atoms with Gasteiger partial charge in [0.05, 0.1) is 0 Å². The zero-order valence-electron chi connectivity index (χ0n) is 9.74. The molecule has 0 aliphatic carbocycles. The summed E-state index contributed by atoms with van der Waals surface area (Å²) in [5.74, 6) is 0. The molecule has 15 heavy (non-hydrogen) atoms. The fraction of sp³-hybridized carbons (Fsp3) is 0.727. The van der Waals surface area contributed by atoms with Crippen molar-refractivity contribution in [2.75, 3.05) is 0 Å². The van der Waals surface area contributed by atoms with Crippen molar-refractivity contribution in [2.24, 2.45) is 4.99 Å². The molecule has 0 aliphatic rings. The van der Waals surface area contributed by atoms with Gasteiger partial charge in [-0.1, -0.05) is 26.7 Å². The van der Waals surface area contributed by atoms with Gasteiger partial charge in [0.2, 0.25) is 0 Å². The minimum atomic E-state index is 0.311. The van der Waals surface area contributed by atoms with E-state index in [2.05, 4.69) is 43.7 Å². The predicted molar refractivity (Wildman–Crippen MR) is 75.5 cm³/mol. The zero-order chi connectivity index (χ0) is 11.9. The molecule has 0 aromatic carbocycles. The van der Waals surface area contributed by atoms with Gasteiger partial charge in [0, 0.05) is 12.6 Å². The summed E-state index contributed by atoms with van der Waals surface area (Å²) in [6.45, 7) is 4.29. The summed E-state index contributed by atoms with van der Waals surface area (Å²) in [7, 11) is 0. The number of hydrogen-bond donors (Lipinski definition) is 1. The Labute approximate surface area is 104 Å². The molecular formula is C11H22N2S2. The Kier molecular flexibility index (Phi) is 18.3. The predicted octanol–water partition coefficient (Wildman–Crippen LogP) is 2.09. The highest BCUT2D eigenvalue weighted by molar-refractivity contribution is 8.00. The molecule has 0 saturated carbocycles. The van der Waals surface area contributed by atoms with Crippen LogP contribution in [0.25, 0.3) is 0 Å². The molecule has 0 fully saturated rings. The molecule has 0 unspecified atom stereocenters. The van der Waals surface area contributed by atoms with Crippen LogP contribution in [0, 0.1) is 0 Å². The number of nitrogens with two attached hydrogens (primary N) is 1. The van der Waals surface area contributed by atoms with E-state index in [1.807, 2.05) is 0 Å². The van der Waals surface area contributed by atoms with Crippen LogP contribution in [0.1, 0.15) is 52.4 Å². The monoisotopic (exact) mass is 246 g/mol.